The highest BCUT2D eigenvalue weighted by molar-refractivity contribution is 9.13. The van der Waals surface area contributed by atoms with Crippen molar-refractivity contribution in [3.63, 3.8) is 0 Å². The van der Waals surface area contributed by atoms with Gasteiger partial charge in [0.1, 0.15) is 48.2 Å². The number of rotatable bonds is 5. The predicted octanol–water partition coefficient (Wildman–Crippen LogP) is 30.1. The Balaban J connectivity index is 0.0000000983. The van der Waals surface area contributed by atoms with Crippen LogP contribution in [0.5, 0.6) is 17.4 Å². The molecular formula is C110H73Br5N16O2. The minimum atomic E-state index is 0.262. The largest absolute Gasteiger partial charge is 0.508 e. The summed E-state index contributed by atoms with van der Waals surface area (Å²) in [5.74, 6) is 3.22. The fourth-order valence-corrected chi connectivity index (χ4v) is 19.5. The van der Waals surface area contributed by atoms with E-state index in [0.29, 0.717) is 11.6 Å². The Hall–Kier alpha value is -15.0. The monoisotopic (exact) mass is 2040 g/mol. The lowest BCUT2D eigenvalue weighted by atomic mass is 10.0. The number of hydrogen-bond acceptors (Lipinski definition) is 12. The van der Waals surface area contributed by atoms with Crippen molar-refractivity contribution in [3.05, 3.63) is 404 Å². The molecular weight excluding hydrogens is 1980 g/mol. The lowest BCUT2D eigenvalue weighted by Crippen LogP contribution is -1.97. The Morgan fingerprint density at radius 2 is 0.662 bits per heavy atom. The number of pyridine rings is 9. The molecule has 27 rings (SSSR count). The predicted molar refractivity (Wildman–Crippen MR) is 559 cm³/mol. The highest BCUT2D eigenvalue weighted by atomic mass is 79.9. The van der Waals surface area contributed by atoms with Crippen LogP contribution in [0.2, 0.25) is 0 Å². The van der Waals surface area contributed by atoms with Gasteiger partial charge in [0.05, 0.1) is 89.0 Å². The van der Waals surface area contributed by atoms with Crippen molar-refractivity contribution in [2.75, 3.05) is 0 Å². The van der Waals surface area contributed by atoms with Gasteiger partial charge in [-0.2, -0.15) is 20.4 Å². The molecule has 0 spiro atoms. The summed E-state index contributed by atoms with van der Waals surface area (Å²) in [6.07, 6.45) is 3.60. The average molecular weight is 2050 g/mol. The molecule has 0 saturated heterocycles. The quantitative estimate of drug-likeness (QED) is 0.0941. The molecule has 0 amide bonds. The number of nitrogens with one attached hydrogen (secondary N) is 1. The van der Waals surface area contributed by atoms with Crippen LogP contribution >= 0.6 is 79.6 Å². The summed E-state index contributed by atoms with van der Waals surface area (Å²) in [5, 5.41) is 52.2. The number of ether oxygens (including phenoxy) is 1. The lowest BCUT2D eigenvalue weighted by molar-refractivity contribution is 0.466. The number of phenolic OH excluding ortho intramolecular Hbond substituents is 1. The van der Waals surface area contributed by atoms with Gasteiger partial charge in [0.25, 0.3) is 0 Å². The molecule has 12 aromatic carbocycles. The Bertz CT molecular complexity index is 9080. The molecule has 0 aliphatic carbocycles. The highest BCUT2D eigenvalue weighted by Crippen LogP contribution is 2.41. The van der Waals surface area contributed by atoms with Gasteiger partial charge in [-0.3, -0.25) is 14.2 Å². The second kappa shape index (κ2) is 35.0. The van der Waals surface area contributed by atoms with E-state index in [9.17, 15) is 5.11 Å². The topological polar surface area (TPSA) is 197 Å². The van der Waals surface area contributed by atoms with Crippen LogP contribution in [0.4, 0.5) is 0 Å². The highest BCUT2D eigenvalue weighted by Gasteiger charge is 2.21. The molecule has 0 atom stereocenters. The van der Waals surface area contributed by atoms with Gasteiger partial charge in [0.2, 0.25) is 5.88 Å². The van der Waals surface area contributed by atoms with E-state index < -0.39 is 0 Å². The third-order valence-electron chi connectivity index (χ3n) is 23.7. The van der Waals surface area contributed by atoms with E-state index in [-0.39, 0.29) is 5.75 Å². The second-order valence-electron chi connectivity index (χ2n) is 32.5. The molecule has 0 aliphatic heterocycles. The summed E-state index contributed by atoms with van der Waals surface area (Å²) < 4.78 is 21.4. The first-order valence-corrected chi connectivity index (χ1v) is 46.9. The second-order valence-corrected chi connectivity index (χ2v) is 36.6. The standard InChI is InChI=1S/C36H23N5O.2C19H12BrN3.C17H12N2O.C10H6Br2.C9H8BrN3/c1-22-18-33-36-28(29-19-23-8-2-3-9-24(23)20-32(29)41(33)39-22)15-16-35(38-36)42-25-13-14-27-26-10-4-5-11-30(26)40(31(27)21-25)34-12-6-7-17-37-34;2*1-11-8-17-19-14(6-7-18(20)21-19)15-9-12-4-2-3-5-13(12)10-16(15)23(17)22-11;20-12-8-9-14-13-5-1-2-6-15(13)19(16(14)11-12)17-7-3-4-10-18-17;11-9-5-7-3-1-2-4-8(7)6-10(9)12;1-6-5-8(13-12-6)7-3-2-4-9(10)11-7/h2-21H,1H3;2*2-10H,1H3;1-11,20H;1-6H;2-5H,1H3,(H,12,13). The van der Waals surface area contributed by atoms with E-state index in [4.69, 9.17) is 24.8 Å². The molecule has 15 heterocycles. The molecule has 0 bridgehead atoms. The van der Waals surface area contributed by atoms with Gasteiger partial charge in [-0.1, -0.05) is 152 Å². The smallest absolute Gasteiger partial charge is 0.219 e. The minimum absolute atomic E-state index is 0.262. The number of benzene rings is 12. The molecule has 23 heteroatoms. The van der Waals surface area contributed by atoms with Gasteiger partial charge in [-0.05, 0) is 326 Å². The molecule has 2 N–H and O–H groups in total. The van der Waals surface area contributed by atoms with Crippen LogP contribution in [0.15, 0.2) is 381 Å². The number of aromatic hydroxyl groups is 1. The molecule has 0 aliphatic rings. The van der Waals surface area contributed by atoms with E-state index in [1.54, 1.807) is 18.3 Å². The van der Waals surface area contributed by atoms with Crippen molar-refractivity contribution in [3.8, 4) is 40.4 Å². The zero-order valence-corrected chi connectivity index (χ0v) is 79.4. The van der Waals surface area contributed by atoms with Crippen LogP contribution in [0.25, 0.3) is 192 Å². The summed E-state index contributed by atoms with van der Waals surface area (Å²) in [6.45, 7) is 8.02. The van der Waals surface area contributed by atoms with Gasteiger partial charge < -0.3 is 9.84 Å². The van der Waals surface area contributed by atoms with E-state index in [2.05, 4.69) is 343 Å². The van der Waals surface area contributed by atoms with Crippen molar-refractivity contribution in [2.24, 2.45) is 0 Å². The van der Waals surface area contributed by atoms with Gasteiger partial charge in [-0.25, -0.2) is 43.5 Å². The van der Waals surface area contributed by atoms with Crippen LogP contribution in [-0.4, -0.2) is 83.2 Å². The van der Waals surface area contributed by atoms with Crippen LogP contribution < -0.4 is 4.74 Å². The number of H-pyrrole nitrogens is 1. The summed E-state index contributed by atoms with van der Waals surface area (Å²) >= 11 is 17.2. The van der Waals surface area contributed by atoms with Crippen LogP contribution in [0.3, 0.4) is 0 Å². The maximum Gasteiger partial charge on any atom is 0.219 e. The number of hydrogen-bond donors (Lipinski definition) is 2. The van der Waals surface area contributed by atoms with Crippen molar-refractivity contribution in [1.29, 1.82) is 0 Å². The molecule has 133 heavy (non-hydrogen) atoms. The normalized spacial score (nSPS) is 11.5. The molecule has 0 saturated carbocycles. The molecule has 15 aromatic heterocycles. The molecule has 0 unspecified atom stereocenters. The van der Waals surface area contributed by atoms with Crippen molar-refractivity contribution >= 4 is 248 Å². The number of halogens is 5. The minimum Gasteiger partial charge on any atom is -0.508 e. The number of aryl methyl sites for hydroxylation is 4. The first-order valence-electron chi connectivity index (χ1n) is 42.9. The van der Waals surface area contributed by atoms with E-state index >= 15 is 0 Å². The fraction of sp³-hybridized carbons (Fsp3) is 0.0364. The van der Waals surface area contributed by atoms with Gasteiger partial charge in [0, 0.05) is 99.1 Å². The lowest BCUT2D eigenvalue weighted by Gasteiger charge is -2.11. The van der Waals surface area contributed by atoms with Crippen molar-refractivity contribution < 1.29 is 9.84 Å². The van der Waals surface area contributed by atoms with Crippen molar-refractivity contribution in [1.82, 2.24) is 78.1 Å². The molecule has 0 radical (unpaired) electrons. The van der Waals surface area contributed by atoms with Crippen LogP contribution in [-0.2, 0) is 0 Å². The number of phenols is 1. The number of para-hydroxylation sites is 2. The van der Waals surface area contributed by atoms with Gasteiger partial charge >= 0.3 is 0 Å². The number of aromatic amines is 1. The number of nitrogens with zero attached hydrogens (tertiary/aromatic N) is 15. The van der Waals surface area contributed by atoms with E-state index in [1.807, 2.05) is 163 Å². The number of aromatic nitrogens is 16. The Morgan fingerprint density at radius 3 is 1.10 bits per heavy atom. The summed E-state index contributed by atoms with van der Waals surface area (Å²) in [6, 6.07) is 118. The van der Waals surface area contributed by atoms with E-state index in [0.717, 1.165) is 178 Å². The Labute approximate surface area is 801 Å². The van der Waals surface area contributed by atoms with Crippen molar-refractivity contribution in [2.45, 2.75) is 27.7 Å². The summed E-state index contributed by atoms with van der Waals surface area (Å²) in [7, 11) is 0. The Kier molecular flexibility index (Phi) is 22.0. The van der Waals surface area contributed by atoms with Crippen LogP contribution in [0, 0.1) is 27.7 Å². The van der Waals surface area contributed by atoms with Crippen LogP contribution in [0.1, 0.15) is 22.8 Å². The van der Waals surface area contributed by atoms with E-state index in [1.165, 1.54) is 59.2 Å². The third-order valence-corrected chi connectivity index (χ3v) is 26.9. The first kappa shape index (κ1) is 83.6. The molecule has 18 nitrogen and oxygen atoms in total. The zero-order chi connectivity index (χ0) is 90.2. The number of fused-ring (bicyclic) bond motifs is 28. The molecule has 640 valence electrons. The Morgan fingerprint density at radius 1 is 0.278 bits per heavy atom. The first-order chi connectivity index (χ1) is 65.0. The molecule has 27 aromatic rings. The van der Waals surface area contributed by atoms with Gasteiger partial charge in [0.15, 0.2) is 0 Å². The average Bonchev–Trinajstić information content (AvgIpc) is 1.31. The van der Waals surface area contributed by atoms with Gasteiger partial charge in [-0.15, -0.1) is 0 Å². The summed E-state index contributed by atoms with van der Waals surface area (Å²) in [5.41, 5.74) is 19.0. The maximum absolute atomic E-state index is 9.79. The maximum atomic E-state index is 9.79. The fourth-order valence-electron chi connectivity index (χ4n) is 17.9. The summed E-state index contributed by atoms with van der Waals surface area (Å²) in [4.78, 5) is 27.8. The zero-order valence-electron chi connectivity index (χ0n) is 71.5. The molecule has 0 fully saturated rings. The SMILES string of the molecule is Brc1cc2ccccc2cc1Br.Cc1cc(-c2cccc(Br)n2)n[nH]1.Cc1cc2c3nc(Br)ccc3c3cc4ccccc4cc3n2n1.Cc1cc2c3nc(Br)ccc3c3cc4ccccc4cc3n2n1.Cc1cc2c3nc(Oc4ccc5c6ccccc6n(-c6ccccn6)c5c4)ccc3c3cc4ccccc4cc3n2n1.Oc1ccc2c3ccccc3n(-c3ccccn3)c2c1. The third kappa shape index (κ3) is 16.0.